The molecule has 2 rings (SSSR count). The van der Waals surface area contributed by atoms with E-state index in [9.17, 15) is 14.0 Å². The Hall–Kier alpha value is -2.89. The predicted molar refractivity (Wildman–Crippen MR) is 105 cm³/mol. The molecule has 0 spiro atoms. The summed E-state index contributed by atoms with van der Waals surface area (Å²) in [6, 6.07) is 13.5. The first-order chi connectivity index (χ1) is 13.5. The standard InChI is InChI=1S/C22H26FNO4/c1-3-28-22(26)13-15-24(14-12-17-6-10-20(27-2)11-7-17)21(25)16-18-4-8-19(23)9-5-18/h4-11H,3,12-16H2,1-2H3. The molecule has 1 amide bonds. The Bertz CT molecular complexity index is 759. The van der Waals surface area contributed by atoms with Gasteiger partial charge in [-0.05, 0) is 48.7 Å². The van der Waals surface area contributed by atoms with Gasteiger partial charge in [0.2, 0.25) is 5.91 Å². The van der Waals surface area contributed by atoms with Crippen molar-refractivity contribution in [2.75, 3.05) is 26.8 Å². The van der Waals surface area contributed by atoms with Crippen LogP contribution in [0.5, 0.6) is 5.75 Å². The summed E-state index contributed by atoms with van der Waals surface area (Å²) in [7, 11) is 1.61. The van der Waals surface area contributed by atoms with Crippen molar-refractivity contribution in [2.45, 2.75) is 26.2 Å². The largest absolute Gasteiger partial charge is 0.497 e. The molecule has 0 aromatic heterocycles. The molecule has 6 heteroatoms. The lowest BCUT2D eigenvalue weighted by Crippen LogP contribution is -2.36. The maximum atomic E-state index is 13.1. The third-order valence-corrected chi connectivity index (χ3v) is 4.34. The van der Waals surface area contributed by atoms with Gasteiger partial charge in [0.05, 0.1) is 26.6 Å². The Morgan fingerprint density at radius 2 is 1.61 bits per heavy atom. The highest BCUT2D eigenvalue weighted by Crippen LogP contribution is 2.13. The summed E-state index contributed by atoms with van der Waals surface area (Å²) >= 11 is 0. The molecule has 28 heavy (non-hydrogen) atoms. The number of ether oxygens (including phenoxy) is 2. The summed E-state index contributed by atoms with van der Waals surface area (Å²) in [6.07, 6.45) is 0.958. The predicted octanol–water partition coefficient (Wildman–Crippen LogP) is 3.40. The van der Waals surface area contributed by atoms with Crippen LogP contribution in [0, 0.1) is 5.82 Å². The van der Waals surface area contributed by atoms with E-state index in [4.69, 9.17) is 9.47 Å². The highest BCUT2D eigenvalue weighted by Gasteiger charge is 2.16. The highest BCUT2D eigenvalue weighted by molar-refractivity contribution is 5.79. The Morgan fingerprint density at radius 3 is 2.21 bits per heavy atom. The van der Waals surface area contributed by atoms with Crippen LogP contribution < -0.4 is 4.74 Å². The summed E-state index contributed by atoms with van der Waals surface area (Å²) in [5.41, 5.74) is 1.80. The Morgan fingerprint density at radius 1 is 0.964 bits per heavy atom. The van der Waals surface area contributed by atoms with Crippen molar-refractivity contribution < 1.29 is 23.5 Å². The molecule has 0 N–H and O–H groups in total. The lowest BCUT2D eigenvalue weighted by atomic mass is 10.1. The number of halogens is 1. The Kier molecular flexibility index (Phi) is 8.46. The van der Waals surface area contributed by atoms with Crippen molar-refractivity contribution >= 4 is 11.9 Å². The second kappa shape index (κ2) is 11.1. The fourth-order valence-electron chi connectivity index (χ4n) is 2.77. The molecule has 0 saturated carbocycles. The maximum Gasteiger partial charge on any atom is 0.307 e. The van der Waals surface area contributed by atoms with E-state index in [-0.39, 0.29) is 37.1 Å². The Balaban J connectivity index is 2.00. The summed E-state index contributed by atoms with van der Waals surface area (Å²) in [4.78, 5) is 26.1. The maximum absolute atomic E-state index is 13.1. The number of esters is 1. The molecular weight excluding hydrogens is 361 g/mol. The molecule has 0 aliphatic rings. The number of hydrogen-bond acceptors (Lipinski definition) is 4. The zero-order chi connectivity index (χ0) is 20.4. The zero-order valence-electron chi connectivity index (χ0n) is 16.3. The second-order valence-electron chi connectivity index (χ2n) is 6.34. The molecule has 2 aromatic carbocycles. The van der Waals surface area contributed by atoms with E-state index in [2.05, 4.69) is 0 Å². The van der Waals surface area contributed by atoms with Gasteiger partial charge in [-0.1, -0.05) is 24.3 Å². The number of hydrogen-bond donors (Lipinski definition) is 0. The molecule has 0 saturated heterocycles. The molecule has 0 aliphatic carbocycles. The third kappa shape index (κ3) is 7.02. The molecule has 0 aliphatic heterocycles. The van der Waals surface area contributed by atoms with Crippen LogP contribution in [0.2, 0.25) is 0 Å². The number of rotatable bonds is 10. The molecule has 0 heterocycles. The molecular formula is C22H26FNO4. The van der Waals surface area contributed by atoms with Crippen LogP contribution in [-0.2, 0) is 27.2 Å². The molecule has 0 radical (unpaired) electrons. The summed E-state index contributed by atoms with van der Waals surface area (Å²) in [5, 5.41) is 0. The third-order valence-electron chi connectivity index (χ3n) is 4.34. The number of carbonyl (C=O) groups excluding carboxylic acids is 2. The van der Waals surface area contributed by atoms with Gasteiger partial charge in [-0.2, -0.15) is 0 Å². The van der Waals surface area contributed by atoms with Crippen molar-refractivity contribution in [2.24, 2.45) is 0 Å². The topological polar surface area (TPSA) is 55.8 Å². The minimum absolute atomic E-state index is 0.107. The molecule has 0 unspecified atom stereocenters. The minimum atomic E-state index is -0.338. The number of carbonyl (C=O) groups is 2. The normalized spacial score (nSPS) is 10.4. The Labute approximate surface area is 165 Å². The van der Waals surface area contributed by atoms with Crippen LogP contribution >= 0.6 is 0 Å². The van der Waals surface area contributed by atoms with Gasteiger partial charge in [0, 0.05) is 13.1 Å². The molecule has 5 nitrogen and oxygen atoms in total. The first-order valence-electron chi connectivity index (χ1n) is 9.32. The van der Waals surface area contributed by atoms with Crippen LogP contribution in [0.1, 0.15) is 24.5 Å². The number of benzene rings is 2. The first-order valence-corrected chi connectivity index (χ1v) is 9.32. The fourth-order valence-corrected chi connectivity index (χ4v) is 2.77. The van der Waals surface area contributed by atoms with Crippen LogP contribution in [-0.4, -0.2) is 43.6 Å². The van der Waals surface area contributed by atoms with Gasteiger partial charge in [-0.3, -0.25) is 9.59 Å². The smallest absolute Gasteiger partial charge is 0.307 e. The SMILES string of the molecule is CCOC(=O)CCN(CCc1ccc(OC)cc1)C(=O)Cc1ccc(F)cc1. The van der Waals surface area contributed by atoms with Gasteiger partial charge in [0.1, 0.15) is 11.6 Å². The lowest BCUT2D eigenvalue weighted by Gasteiger charge is -2.23. The first kappa shape index (κ1) is 21.4. The summed E-state index contributed by atoms with van der Waals surface area (Å²) in [5.74, 6) is 0.00104. The average Bonchev–Trinajstić information content (AvgIpc) is 2.70. The van der Waals surface area contributed by atoms with E-state index >= 15 is 0 Å². The van der Waals surface area contributed by atoms with E-state index in [1.54, 1.807) is 31.1 Å². The lowest BCUT2D eigenvalue weighted by molar-refractivity contribution is -0.144. The highest BCUT2D eigenvalue weighted by atomic mass is 19.1. The summed E-state index contributed by atoms with van der Waals surface area (Å²) < 4.78 is 23.2. The van der Waals surface area contributed by atoms with Crippen LogP contribution in [0.25, 0.3) is 0 Å². The van der Waals surface area contributed by atoms with Crippen LogP contribution in [0.4, 0.5) is 4.39 Å². The van der Waals surface area contributed by atoms with Crippen molar-refractivity contribution in [1.82, 2.24) is 4.90 Å². The van der Waals surface area contributed by atoms with Crippen LogP contribution in [0.15, 0.2) is 48.5 Å². The van der Waals surface area contributed by atoms with Gasteiger partial charge in [-0.25, -0.2) is 4.39 Å². The zero-order valence-corrected chi connectivity index (χ0v) is 16.3. The monoisotopic (exact) mass is 387 g/mol. The molecule has 0 atom stereocenters. The van der Waals surface area contributed by atoms with E-state index in [1.807, 2.05) is 24.3 Å². The van der Waals surface area contributed by atoms with Gasteiger partial charge in [-0.15, -0.1) is 0 Å². The molecule has 0 bridgehead atoms. The van der Waals surface area contributed by atoms with Crippen LogP contribution in [0.3, 0.4) is 0 Å². The van der Waals surface area contributed by atoms with Gasteiger partial charge in [0.15, 0.2) is 0 Å². The van der Waals surface area contributed by atoms with E-state index in [1.165, 1.54) is 12.1 Å². The van der Waals surface area contributed by atoms with E-state index < -0.39 is 0 Å². The van der Waals surface area contributed by atoms with Gasteiger partial charge in [0.25, 0.3) is 0 Å². The van der Waals surface area contributed by atoms with Crippen molar-refractivity contribution in [3.8, 4) is 5.75 Å². The molecule has 150 valence electrons. The van der Waals surface area contributed by atoms with E-state index in [0.29, 0.717) is 19.6 Å². The number of methoxy groups -OCH3 is 1. The molecule has 0 fully saturated rings. The van der Waals surface area contributed by atoms with Crippen molar-refractivity contribution in [1.29, 1.82) is 0 Å². The number of amides is 1. The summed E-state index contributed by atoms with van der Waals surface area (Å²) in [6.45, 7) is 2.83. The molecule has 2 aromatic rings. The van der Waals surface area contributed by atoms with E-state index in [0.717, 1.165) is 16.9 Å². The fraction of sp³-hybridized carbons (Fsp3) is 0.364. The quantitative estimate of drug-likeness (QED) is 0.587. The van der Waals surface area contributed by atoms with Crippen molar-refractivity contribution in [3.63, 3.8) is 0 Å². The van der Waals surface area contributed by atoms with Crippen molar-refractivity contribution in [3.05, 3.63) is 65.5 Å². The van der Waals surface area contributed by atoms with Gasteiger partial charge < -0.3 is 14.4 Å². The second-order valence-corrected chi connectivity index (χ2v) is 6.34. The average molecular weight is 387 g/mol. The number of nitrogens with zero attached hydrogens (tertiary/aromatic N) is 1. The van der Waals surface area contributed by atoms with Gasteiger partial charge >= 0.3 is 5.97 Å². The minimum Gasteiger partial charge on any atom is -0.497 e.